The maximum atomic E-state index is 10.5. The third kappa shape index (κ3) is 10.1. The van der Waals surface area contributed by atoms with Crippen molar-refractivity contribution in [3.8, 4) is 11.5 Å². The first-order valence-electron chi connectivity index (χ1n) is 12.6. The van der Waals surface area contributed by atoms with E-state index in [1.807, 2.05) is 12.1 Å². The van der Waals surface area contributed by atoms with Crippen molar-refractivity contribution in [1.29, 1.82) is 0 Å². The van der Waals surface area contributed by atoms with Crippen molar-refractivity contribution in [2.45, 2.75) is 104 Å². The lowest BCUT2D eigenvalue weighted by molar-refractivity contribution is -0.137. The number of hydrogen-bond acceptors (Lipinski definition) is 3. The van der Waals surface area contributed by atoms with E-state index in [4.69, 9.17) is 14.6 Å². The molecule has 4 nitrogen and oxygen atoms in total. The fourth-order valence-corrected chi connectivity index (χ4v) is 4.21. The minimum Gasteiger partial charge on any atom is -0.494 e. The van der Waals surface area contributed by atoms with Crippen LogP contribution in [0.2, 0.25) is 0 Å². The minimum absolute atomic E-state index is 0.233. The fourth-order valence-electron chi connectivity index (χ4n) is 4.21. The lowest BCUT2D eigenvalue weighted by atomic mass is 9.91. The Bertz CT molecular complexity index is 724. The molecule has 1 aromatic rings. The molecule has 0 aliphatic carbocycles. The normalized spacial score (nSPS) is 19.0. The van der Waals surface area contributed by atoms with Crippen molar-refractivity contribution in [2.75, 3.05) is 6.61 Å². The Morgan fingerprint density at radius 2 is 1.94 bits per heavy atom. The summed E-state index contributed by atoms with van der Waals surface area (Å²) in [6.07, 6.45) is 15.5. The number of carboxylic acid groups (broad SMARTS) is 1. The first-order chi connectivity index (χ1) is 15.3. The molecule has 2 rings (SSSR count). The third-order valence-electron chi connectivity index (χ3n) is 6.31. The molecule has 0 saturated carbocycles. The van der Waals surface area contributed by atoms with Crippen molar-refractivity contribution in [1.82, 2.24) is 0 Å². The molecular formula is C28H44O4. The number of fused-ring (bicyclic) bond motifs is 1. The fraction of sp³-hybridized carbons (Fsp3) is 0.679. The summed E-state index contributed by atoms with van der Waals surface area (Å²) in [6, 6.07) is 6.15. The predicted octanol–water partition coefficient (Wildman–Crippen LogP) is 7.59. The molecule has 1 aliphatic heterocycles. The highest BCUT2D eigenvalue weighted by Gasteiger charge is 2.29. The Hall–Kier alpha value is -1.97. The number of ether oxygens (including phenoxy) is 2. The summed E-state index contributed by atoms with van der Waals surface area (Å²) in [7, 11) is 0. The van der Waals surface area contributed by atoms with Crippen LogP contribution in [0.4, 0.5) is 0 Å². The summed E-state index contributed by atoms with van der Waals surface area (Å²) in [5.41, 5.74) is 0.986. The van der Waals surface area contributed by atoms with E-state index in [-0.39, 0.29) is 12.0 Å². The molecule has 180 valence electrons. The van der Waals surface area contributed by atoms with Crippen LogP contribution < -0.4 is 9.47 Å². The summed E-state index contributed by atoms with van der Waals surface area (Å²) in [5.74, 6) is 2.67. The molecule has 0 radical (unpaired) electrons. The van der Waals surface area contributed by atoms with Crippen LogP contribution in [0.3, 0.4) is 0 Å². The zero-order valence-corrected chi connectivity index (χ0v) is 20.7. The van der Waals surface area contributed by atoms with Gasteiger partial charge in [-0.3, -0.25) is 4.79 Å². The van der Waals surface area contributed by atoms with E-state index in [1.165, 1.54) is 24.8 Å². The molecule has 0 fully saturated rings. The molecule has 0 saturated heterocycles. The van der Waals surface area contributed by atoms with Gasteiger partial charge in [0.05, 0.1) is 6.61 Å². The maximum Gasteiger partial charge on any atom is 0.303 e. The highest BCUT2D eigenvalue weighted by Crippen LogP contribution is 2.36. The lowest BCUT2D eigenvalue weighted by Crippen LogP contribution is -2.34. The number of carboxylic acids is 1. The number of rotatable bonds is 15. The van der Waals surface area contributed by atoms with Crippen molar-refractivity contribution >= 4 is 5.97 Å². The second-order valence-electron chi connectivity index (χ2n) is 10.2. The number of allylic oxidation sites excluding steroid dienone is 1. The topological polar surface area (TPSA) is 55.8 Å². The summed E-state index contributed by atoms with van der Waals surface area (Å²) >= 11 is 0. The number of unbranched alkanes of at least 4 members (excludes halogenated alkanes) is 3. The van der Waals surface area contributed by atoms with Crippen LogP contribution in [0.25, 0.3) is 0 Å². The van der Waals surface area contributed by atoms with E-state index < -0.39 is 5.97 Å². The van der Waals surface area contributed by atoms with Gasteiger partial charge in [-0.2, -0.15) is 0 Å². The Labute approximate surface area is 195 Å². The SMILES string of the molecule is CC(C)CCCC(C)C/C=C/C1(C)CCc2cc(OCCCCCCC(=O)O)ccc2O1. The Balaban J connectivity index is 1.73. The van der Waals surface area contributed by atoms with Gasteiger partial charge in [-0.15, -0.1) is 0 Å². The second kappa shape index (κ2) is 13.5. The molecule has 2 atom stereocenters. The summed E-state index contributed by atoms with van der Waals surface area (Å²) < 4.78 is 12.3. The minimum atomic E-state index is -0.712. The van der Waals surface area contributed by atoms with Gasteiger partial charge < -0.3 is 14.6 Å². The Morgan fingerprint density at radius 3 is 2.69 bits per heavy atom. The van der Waals surface area contributed by atoms with E-state index in [2.05, 4.69) is 45.9 Å². The largest absolute Gasteiger partial charge is 0.494 e. The summed E-state index contributed by atoms with van der Waals surface area (Å²) in [5, 5.41) is 8.66. The number of benzene rings is 1. The highest BCUT2D eigenvalue weighted by atomic mass is 16.5. The van der Waals surface area contributed by atoms with E-state index in [1.54, 1.807) is 0 Å². The molecule has 32 heavy (non-hydrogen) atoms. The summed E-state index contributed by atoms with van der Waals surface area (Å²) in [6.45, 7) is 9.80. The Kier molecular flexibility index (Phi) is 11.1. The summed E-state index contributed by atoms with van der Waals surface area (Å²) in [4.78, 5) is 10.5. The molecule has 4 heteroatoms. The molecule has 0 spiro atoms. The molecule has 1 aromatic carbocycles. The van der Waals surface area contributed by atoms with Crippen LogP contribution >= 0.6 is 0 Å². The maximum absolute atomic E-state index is 10.5. The second-order valence-corrected chi connectivity index (χ2v) is 10.2. The van der Waals surface area contributed by atoms with E-state index in [9.17, 15) is 4.79 Å². The van der Waals surface area contributed by atoms with Gasteiger partial charge in [-0.1, -0.05) is 59.0 Å². The number of hydrogen-bond donors (Lipinski definition) is 1. The monoisotopic (exact) mass is 444 g/mol. The molecule has 2 unspecified atom stereocenters. The van der Waals surface area contributed by atoms with E-state index >= 15 is 0 Å². The number of carbonyl (C=O) groups is 1. The molecule has 0 aromatic heterocycles. The highest BCUT2D eigenvalue weighted by molar-refractivity contribution is 5.66. The van der Waals surface area contributed by atoms with Gasteiger partial charge >= 0.3 is 5.97 Å². The number of aliphatic carboxylic acids is 1. The van der Waals surface area contributed by atoms with Crippen LogP contribution in [0.5, 0.6) is 11.5 Å². The smallest absolute Gasteiger partial charge is 0.303 e. The number of aryl methyl sites for hydroxylation is 1. The molecular weight excluding hydrogens is 400 g/mol. The molecule has 1 N–H and O–H groups in total. The lowest BCUT2D eigenvalue weighted by Gasteiger charge is -2.33. The zero-order valence-electron chi connectivity index (χ0n) is 20.7. The standard InChI is InChI=1S/C28H44O4/c1-22(2)11-9-12-23(3)13-10-18-28(4)19-17-24-21-25(15-16-26(24)32-28)31-20-8-6-5-7-14-27(29)30/h10,15-16,18,21-23H,5-9,11-14,17,19-20H2,1-4H3,(H,29,30)/b18-10+. The van der Waals surface area contributed by atoms with Crippen LogP contribution in [0.1, 0.15) is 97.5 Å². The average Bonchev–Trinajstić information content (AvgIpc) is 2.72. The van der Waals surface area contributed by atoms with Gasteiger partial charge in [0.2, 0.25) is 0 Å². The van der Waals surface area contributed by atoms with Crippen molar-refractivity contribution in [3.63, 3.8) is 0 Å². The van der Waals surface area contributed by atoms with Gasteiger partial charge in [0.1, 0.15) is 17.1 Å². The van der Waals surface area contributed by atoms with Crippen LogP contribution in [-0.4, -0.2) is 23.3 Å². The van der Waals surface area contributed by atoms with Crippen molar-refractivity contribution in [3.05, 3.63) is 35.9 Å². The Morgan fingerprint density at radius 1 is 1.16 bits per heavy atom. The van der Waals surface area contributed by atoms with E-state index in [0.717, 1.165) is 68.3 Å². The average molecular weight is 445 g/mol. The van der Waals surface area contributed by atoms with Gasteiger partial charge in [-0.05, 0) is 80.7 Å². The predicted molar refractivity (Wildman–Crippen MR) is 132 cm³/mol. The molecule has 0 amide bonds. The van der Waals surface area contributed by atoms with Crippen molar-refractivity contribution < 1.29 is 19.4 Å². The van der Waals surface area contributed by atoms with Gasteiger partial charge in [-0.25, -0.2) is 0 Å². The zero-order chi connectivity index (χ0) is 23.4. The molecule has 0 bridgehead atoms. The first kappa shape index (κ1) is 26.3. The molecule has 1 heterocycles. The van der Waals surface area contributed by atoms with Crippen LogP contribution in [0.15, 0.2) is 30.4 Å². The quantitative estimate of drug-likeness (QED) is 0.224. The van der Waals surface area contributed by atoms with Crippen molar-refractivity contribution in [2.24, 2.45) is 11.8 Å². The van der Waals surface area contributed by atoms with Crippen LogP contribution in [-0.2, 0) is 11.2 Å². The third-order valence-corrected chi connectivity index (χ3v) is 6.31. The van der Waals surface area contributed by atoms with Crippen LogP contribution in [0, 0.1) is 11.8 Å². The van der Waals surface area contributed by atoms with Gasteiger partial charge in [0.25, 0.3) is 0 Å². The van der Waals surface area contributed by atoms with Gasteiger partial charge in [0, 0.05) is 6.42 Å². The van der Waals surface area contributed by atoms with E-state index in [0.29, 0.717) is 6.61 Å². The first-order valence-corrected chi connectivity index (χ1v) is 12.6. The molecule has 1 aliphatic rings. The van der Waals surface area contributed by atoms with Gasteiger partial charge in [0.15, 0.2) is 0 Å².